The third kappa shape index (κ3) is 4.73. The molecule has 0 bridgehead atoms. The molecular formula is C20H19Cl2FN2O4S. The van der Waals surface area contributed by atoms with E-state index in [0.29, 0.717) is 20.9 Å². The lowest BCUT2D eigenvalue weighted by atomic mass is 10.0. The zero-order chi connectivity index (χ0) is 21.3. The summed E-state index contributed by atoms with van der Waals surface area (Å²) in [5, 5.41) is 22.4. The van der Waals surface area contributed by atoms with Crippen molar-refractivity contribution in [1.82, 2.24) is 9.88 Å². The molecule has 0 radical (unpaired) electrons. The molecule has 10 heteroatoms. The highest BCUT2D eigenvalue weighted by molar-refractivity contribution is 7.59. The van der Waals surface area contributed by atoms with Gasteiger partial charge in [-0.15, -0.1) is 0 Å². The largest absolute Gasteiger partial charge is 0.481 e. The minimum Gasteiger partial charge on any atom is -0.481 e. The second-order valence-corrected chi connectivity index (χ2v) is 7.30. The number of benzene rings is 2. The van der Waals surface area contributed by atoms with Crippen molar-refractivity contribution < 1.29 is 24.2 Å². The number of hydrogen-bond donors (Lipinski definition) is 3. The summed E-state index contributed by atoms with van der Waals surface area (Å²) in [6.45, 7) is -0.544. The van der Waals surface area contributed by atoms with Gasteiger partial charge in [0.1, 0.15) is 11.5 Å². The van der Waals surface area contributed by atoms with Gasteiger partial charge >= 0.3 is 5.97 Å². The Morgan fingerprint density at radius 2 is 1.90 bits per heavy atom. The molecule has 0 fully saturated rings. The van der Waals surface area contributed by atoms with E-state index in [9.17, 15) is 19.1 Å². The molecule has 1 aromatic heterocycles. The zero-order valence-corrected chi connectivity index (χ0v) is 18.3. The summed E-state index contributed by atoms with van der Waals surface area (Å²) in [7, 11) is 1.68. The first kappa shape index (κ1) is 24.0. The van der Waals surface area contributed by atoms with Crippen molar-refractivity contribution in [3.8, 4) is 0 Å². The van der Waals surface area contributed by atoms with Crippen LogP contribution in [-0.4, -0.2) is 33.3 Å². The van der Waals surface area contributed by atoms with Gasteiger partial charge in [0.05, 0.1) is 29.1 Å². The third-order valence-corrected chi connectivity index (χ3v) is 5.45. The van der Waals surface area contributed by atoms with Crippen LogP contribution in [0.4, 0.5) is 4.39 Å². The van der Waals surface area contributed by atoms with Gasteiger partial charge in [-0.2, -0.15) is 13.5 Å². The maximum atomic E-state index is 14.4. The quantitative estimate of drug-likeness (QED) is 0.508. The lowest BCUT2D eigenvalue weighted by Gasteiger charge is -2.18. The van der Waals surface area contributed by atoms with Crippen molar-refractivity contribution in [2.45, 2.75) is 12.5 Å². The molecule has 0 aliphatic rings. The minimum atomic E-state index is -1.08. The number of rotatable bonds is 6. The van der Waals surface area contributed by atoms with E-state index in [1.54, 1.807) is 29.8 Å². The number of halogens is 3. The summed E-state index contributed by atoms with van der Waals surface area (Å²) >= 11 is 12.2. The van der Waals surface area contributed by atoms with Crippen LogP contribution < -0.4 is 5.32 Å². The monoisotopic (exact) mass is 472 g/mol. The van der Waals surface area contributed by atoms with Gasteiger partial charge in [0.15, 0.2) is 0 Å². The number of hydrogen-bond acceptors (Lipinski definition) is 3. The van der Waals surface area contributed by atoms with Crippen LogP contribution in [0.15, 0.2) is 36.4 Å². The van der Waals surface area contributed by atoms with E-state index < -0.39 is 30.3 Å². The number of carbonyl (C=O) groups is 2. The third-order valence-electron chi connectivity index (χ3n) is 4.63. The predicted octanol–water partition coefficient (Wildman–Crippen LogP) is 3.83. The fourth-order valence-electron chi connectivity index (χ4n) is 3.16. The van der Waals surface area contributed by atoms with Crippen LogP contribution in [0.1, 0.15) is 27.7 Å². The first-order chi connectivity index (χ1) is 13.7. The van der Waals surface area contributed by atoms with Crippen molar-refractivity contribution in [2.24, 2.45) is 7.05 Å². The second kappa shape index (κ2) is 9.70. The Hall–Kier alpha value is -2.26. The van der Waals surface area contributed by atoms with Gasteiger partial charge < -0.3 is 20.1 Å². The molecule has 1 heterocycles. The van der Waals surface area contributed by atoms with E-state index >= 15 is 0 Å². The Balaban J connectivity index is 0.00000320. The number of aliphatic hydroxyl groups is 1. The van der Waals surface area contributed by atoms with Crippen molar-refractivity contribution in [1.29, 1.82) is 0 Å². The number of amides is 1. The fourth-order valence-corrected chi connectivity index (χ4v) is 3.54. The van der Waals surface area contributed by atoms with Crippen molar-refractivity contribution in [2.75, 3.05) is 6.61 Å². The van der Waals surface area contributed by atoms with Crippen LogP contribution in [0.25, 0.3) is 10.9 Å². The maximum absolute atomic E-state index is 14.4. The molecule has 3 N–H and O–H groups in total. The molecule has 3 rings (SSSR count). The molecule has 0 aliphatic heterocycles. The summed E-state index contributed by atoms with van der Waals surface area (Å²) in [5.41, 5.74) is 1.27. The summed E-state index contributed by atoms with van der Waals surface area (Å²) in [5.74, 6) is -2.34. The van der Waals surface area contributed by atoms with Crippen LogP contribution in [0, 0.1) is 5.82 Å². The molecule has 0 unspecified atom stereocenters. The molecule has 2 aromatic carbocycles. The highest BCUT2D eigenvalue weighted by Crippen LogP contribution is 2.32. The van der Waals surface area contributed by atoms with Crippen molar-refractivity contribution >= 4 is 59.5 Å². The number of nitrogens with one attached hydrogen (secondary N) is 1. The summed E-state index contributed by atoms with van der Waals surface area (Å²) in [6, 6.07) is 7.78. The van der Waals surface area contributed by atoms with Gasteiger partial charge in [0, 0.05) is 23.5 Å². The smallest absolute Gasteiger partial charge is 0.307 e. The van der Waals surface area contributed by atoms with Gasteiger partial charge in [0.2, 0.25) is 0 Å². The predicted molar refractivity (Wildman–Crippen MR) is 118 cm³/mol. The number of carbonyl (C=O) groups excluding carboxylic acids is 1. The van der Waals surface area contributed by atoms with Crippen LogP contribution in [0.2, 0.25) is 10.0 Å². The average Bonchev–Trinajstić information content (AvgIpc) is 3.00. The van der Waals surface area contributed by atoms with Crippen LogP contribution in [-0.2, 0) is 18.3 Å². The van der Waals surface area contributed by atoms with Crippen LogP contribution in [0.5, 0.6) is 0 Å². The summed E-state index contributed by atoms with van der Waals surface area (Å²) in [6.07, 6.45) is -0.327. The Morgan fingerprint density at radius 3 is 2.50 bits per heavy atom. The van der Waals surface area contributed by atoms with E-state index in [1.807, 2.05) is 0 Å². The van der Waals surface area contributed by atoms with E-state index in [0.717, 1.165) is 6.07 Å². The van der Waals surface area contributed by atoms with E-state index in [4.69, 9.17) is 28.3 Å². The molecule has 6 nitrogen and oxygen atoms in total. The standard InChI is InChI=1S/C20H17Cl2FN2O4.H2S/c1-25-16-5-4-13(21)19(22)12(16)8-17(25)20(29)24-15(9-26)11-3-2-10(6-14(11)23)7-18(27)28;/h2-6,8,15,26H,7,9H2,1H3,(H,24,29)(H,27,28);1H2/t15-;/m1./s1. The molecule has 1 atom stereocenters. The normalized spacial score (nSPS) is 11.8. The average molecular weight is 473 g/mol. The first-order valence-corrected chi connectivity index (χ1v) is 9.33. The number of nitrogens with zero attached hydrogens (tertiary/aromatic N) is 1. The van der Waals surface area contributed by atoms with Gasteiger partial charge in [-0.05, 0) is 29.8 Å². The first-order valence-electron chi connectivity index (χ1n) is 8.58. The van der Waals surface area contributed by atoms with E-state index in [2.05, 4.69) is 5.32 Å². The van der Waals surface area contributed by atoms with Gasteiger partial charge in [-0.1, -0.05) is 35.3 Å². The summed E-state index contributed by atoms with van der Waals surface area (Å²) in [4.78, 5) is 23.5. The van der Waals surface area contributed by atoms with Crippen LogP contribution in [0.3, 0.4) is 0 Å². The van der Waals surface area contributed by atoms with Crippen molar-refractivity contribution in [3.05, 3.63) is 69.1 Å². The number of aromatic nitrogens is 1. The number of aliphatic hydroxyl groups excluding tert-OH is 1. The molecule has 0 spiro atoms. The molecular weight excluding hydrogens is 454 g/mol. The number of aryl methyl sites for hydroxylation is 1. The number of carboxylic acids is 1. The Labute approximate surface area is 188 Å². The molecule has 3 aromatic rings. The van der Waals surface area contributed by atoms with Gasteiger partial charge in [0.25, 0.3) is 5.91 Å². The molecule has 1 amide bonds. The topological polar surface area (TPSA) is 91.6 Å². The molecule has 160 valence electrons. The molecule has 0 aliphatic carbocycles. The maximum Gasteiger partial charge on any atom is 0.307 e. The molecule has 30 heavy (non-hydrogen) atoms. The highest BCUT2D eigenvalue weighted by atomic mass is 35.5. The van der Waals surface area contributed by atoms with Crippen molar-refractivity contribution in [3.63, 3.8) is 0 Å². The Bertz CT molecular complexity index is 1120. The lowest BCUT2D eigenvalue weighted by molar-refractivity contribution is -0.136. The van der Waals surface area contributed by atoms with E-state index in [1.165, 1.54) is 12.1 Å². The SMILES string of the molecule is Cn1c(C(=O)N[C@H](CO)c2ccc(CC(=O)O)cc2F)cc2c(Cl)c(Cl)ccc21.S. The number of fused-ring (bicyclic) bond motifs is 1. The highest BCUT2D eigenvalue weighted by Gasteiger charge is 2.22. The summed E-state index contributed by atoms with van der Waals surface area (Å²) < 4.78 is 16.1. The Kier molecular flexibility index (Phi) is 7.76. The number of aliphatic carboxylic acids is 1. The Morgan fingerprint density at radius 1 is 1.20 bits per heavy atom. The lowest BCUT2D eigenvalue weighted by Crippen LogP contribution is -2.32. The molecule has 0 saturated heterocycles. The van der Waals surface area contributed by atoms with Gasteiger partial charge in [-0.25, -0.2) is 4.39 Å². The fraction of sp³-hybridized carbons (Fsp3) is 0.200. The number of carboxylic acid groups (broad SMARTS) is 1. The minimum absolute atomic E-state index is 0. The zero-order valence-electron chi connectivity index (χ0n) is 15.7. The second-order valence-electron chi connectivity index (χ2n) is 6.52. The van der Waals surface area contributed by atoms with Gasteiger partial charge in [-0.3, -0.25) is 9.59 Å². The van der Waals surface area contributed by atoms with Crippen LogP contribution >= 0.6 is 36.7 Å². The molecule has 0 saturated carbocycles. The van der Waals surface area contributed by atoms with E-state index in [-0.39, 0.29) is 36.7 Å².